The Labute approximate surface area is 146 Å². The summed E-state index contributed by atoms with van der Waals surface area (Å²) in [5.41, 5.74) is 3.85. The third-order valence-corrected chi connectivity index (χ3v) is 3.96. The summed E-state index contributed by atoms with van der Waals surface area (Å²) in [4.78, 5) is 0. The minimum atomic E-state index is 0. The van der Waals surface area contributed by atoms with Crippen LogP contribution in [0, 0.1) is 12.3 Å². The number of para-hydroxylation sites is 3. The first kappa shape index (κ1) is 17.3. The average Bonchev–Trinajstić information content (AvgIpc) is 2.81. The SMILES string of the molecule is CCn1c(=N)n(CCOc2ccccc2C)c2ccccc21.[Br-]. The van der Waals surface area contributed by atoms with Crippen LogP contribution in [0.5, 0.6) is 5.75 Å². The van der Waals surface area contributed by atoms with E-state index in [0.717, 1.165) is 28.9 Å². The highest BCUT2D eigenvalue weighted by Crippen LogP contribution is 2.17. The van der Waals surface area contributed by atoms with Crippen molar-refractivity contribution in [2.24, 2.45) is 0 Å². The van der Waals surface area contributed by atoms with Gasteiger partial charge in [-0.3, -0.25) is 5.41 Å². The van der Waals surface area contributed by atoms with Crippen molar-refractivity contribution >= 4 is 11.0 Å². The van der Waals surface area contributed by atoms with Crippen LogP contribution in [-0.2, 0) is 13.1 Å². The molecule has 0 fully saturated rings. The van der Waals surface area contributed by atoms with E-state index in [1.165, 1.54) is 0 Å². The third kappa shape index (κ3) is 3.34. The van der Waals surface area contributed by atoms with Crippen molar-refractivity contribution in [1.82, 2.24) is 9.13 Å². The number of fused-ring (bicyclic) bond motifs is 1. The Kier molecular flexibility index (Phi) is 5.66. The van der Waals surface area contributed by atoms with E-state index >= 15 is 0 Å². The number of aromatic nitrogens is 2. The molecule has 0 amide bonds. The highest BCUT2D eigenvalue weighted by atomic mass is 79.9. The predicted octanol–water partition coefficient (Wildman–Crippen LogP) is 0.334. The zero-order chi connectivity index (χ0) is 15.5. The molecule has 2 aromatic carbocycles. The van der Waals surface area contributed by atoms with Gasteiger partial charge in [-0.25, -0.2) is 0 Å². The van der Waals surface area contributed by atoms with Crippen LogP contribution in [0.25, 0.3) is 11.0 Å². The van der Waals surface area contributed by atoms with Crippen molar-refractivity contribution in [2.45, 2.75) is 26.9 Å². The van der Waals surface area contributed by atoms with Crippen LogP contribution in [0.3, 0.4) is 0 Å². The molecule has 0 aliphatic heterocycles. The van der Waals surface area contributed by atoms with Gasteiger partial charge in [0.2, 0.25) is 5.62 Å². The zero-order valence-electron chi connectivity index (χ0n) is 13.4. The number of hydrogen-bond donors (Lipinski definition) is 1. The van der Waals surface area contributed by atoms with Crippen LogP contribution in [-0.4, -0.2) is 15.7 Å². The van der Waals surface area contributed by atoms with Gasteiger partial charge in [-0.1, -0.05) is 30.3 Å². The monoisotopic (exact) mass is 374 g/mol. The number of aryl methyl sites for hydroxylation is 2. The van der Waals surface area contributed by atoms with Gasteiger partial charge < -0.3 is 30.9 Å². The second-order valence-corrected chi connectivity index (χ2v) is 5.32. The molecular weight excluding hydrogens is 354 g/mol. The van der Waals surface area contributed by atoms with Crippen LogP contribution in [0.2, 0.25) is 0 Å². The maximum absolute atomic E-state index is 8.37. The molecule has 0 radical (unpaired) electrons. The second-order valence-electron chi connectivity index (χ2n) is 5.32. The molecular formula is C18H21BrN3O-. The summed E-state index contributed by atoms with van der Waals surface area (Å²) in [6.07, 6.45) is 0. The van der Waals surface area contributed by atoms with Gasteiger partial charge >= 0.3 is 0 Å². The Morgan fingerprint density at radius 1 is 0.957 bits per heavy atom. The zero-order valence-corrected chi connectivity index (χ0v) is 15.0. The van der Waals surface area contributed by atoms with Crippen LogP contribution in [0.4, 0.5) is 0 Å². The van der Waals surface area contributed by atoms with E-state index in [-0.39, 0.29) is 17.0 Å². The van der Waals surface area contributed by atoms with Gasteiger partial charge in [-0.2, -0.15) is 0 Å². The lowest BCUT2D eigenvalue weighted by Gasteiger charge is -2.09. The van der Waals surface area contributed by atoms with Crippen molar-refractivity contribution < 1.29 is 21.7 Å². The summed E-state index contributed by atoms with van der Waals surface area (Å²) < 4.78 is 9.90. The molecule has 3 rings (SSSR count). The van der Waals surface area contributed by atoms with Crippen LogP contribution < -0.4 is 27.3 Å². The molecule has 0 atom stereocenters. The van der Waals surface area contributed by atoms with E-state index in [2.05, 4.69) is 19.1 Å². The molecule has 0 aliphatic rings. The maximum Gasteiger partial charge on any atom is 0.203 e. The van der Waals surface area contributed by atoms with E-state index in [4.69, 9.17) is 10.1 Å². The van der Waals surface area contributed by atoms with Gasteiger partial charge in [0.05, 0.1) is 17.6 Å². The van der Waals surface area contributed by atoms with Crippen molar-refractivity contribution in [3.8, 4) is 5.75 Å². The van der Waals surface area contributed by atoms with Crippen molar-refractivity contribution in [2.75, 3.05) is 6.61 Å². The van der Waals surface area contributed by atoms with Gasteiger partial charge in [-0.15, -0.1) is 0 Å². The standard InChI is InChI=1S/C18H21N3O.BrH/c1-3-20-15-9-5-6-10-16(15)21(18(20)19)12-13-22-17-11-7-4-8-14(17)2;/h4-11,19H,3,12-13H2,1-2H3;1H/p-1. The van der Waals surface area contributed by atoms with Crippen molar-refractivity contribution in [3.05, 3.63) is 59.7 Å². The lowest BCUT2D eigenvalue weighted by molar-refractivity contribution is -0.00000524. The maximum atomic E-state index is 8.37. The number of benzene rings is 2. The minimum absolute atomic E-state index is 0. The largest absolute Gasteiger partial charge is 1.00 e. The predicted molar refractivity (Wildman–Crippen MR) is 88.1 cm³/mol. The Morgan fingerprint density at radius 3 is 2.22 bits per heavy atom. The second kappa shape index (κ2) is 7.51. The number of rotatable bonds is 5. The third-order valence-electron chi connectivity index (χ3n) is 3.96. The van der Waals surface area contributed by atoms with Crippen LogP contribution in [0.1, 0.15) is 12.5 Å². The minimum Gasteiger partial charge on any atom is -1.00 e. The molecule has 1 heterocycles. The first-order chi connectivity index (χ1) is 10.7. The summed E-state index contributed by atoms with van der Waals surface area (Å²) >= 11 is 0. The summed E-state index contributed by atoms with van der Waals surface area (Å²) in [5, 5.41) is 8.37. The van der Waals surface area contributed by atoms with Gasteiger partial charge in [0, 0.05) is 6.54 Å². The molecule has 4 nitrogen and oxygen atoms in total. The molecule has 0 spiro atoms. The number of nitrogens with one attached hydrogen (secondary N) is 1. The highest BCUT2D eigenvalue weighted by molar-refractivity contribution is 5.75. The van der Waals surface area contributed by atoms with E-state index in [0.29, 0.717) is 18.8 Å². The molecule has 122 valence electrons. The molecule has 0 aliphatic carbocycles. The fourth-order valence-corrected chi connectivity index (χ4v) is 2.81. The van der Waals surface area contributed by atoms with Gasteiger partial charge in [-0.05, 0) is 37.6 Å². The fraction of sp³-hybridized carbons (Fsp3) is 0.278. The summed E-state index contributed by atoms with van der Waals surface area (Å²) in [5.74, 6) is 0.911. The topological polar surface area (TPSA) is 42.9 Å². The summed E-state index contributed by atoms with van der Waals surface area (Å²) in [7, 11) is 0. The number of imidazole rings is 1. The van der Waals surface area contributed by atoms with Gasteiger partial charge in [0.1, 0.15) is 12.4 Å². The molecule has 1 aromatic heterocycles. The molecule has 0 saturated heterocycles. The first-order valence-corrected chi connectivity index (χ1v) is 7.63. The molecule has 3 aromatic rings. The number of hydrogen-bond acceptors (Lipinski definition) is 2. The summed E-state index contributed by atoms with van der Waals surface area (Å²) in [6.45, 7) is 6.13. The molecule has 1 N–H and O–H groups in total. The van der Waals surface area contributed by atoms with E-state index in [1.807, 2.05) is 52.5 Å². The van der Waals surface area contributed by atoms with Crippen molar-refractivity contribution in [1.29, 1.82) is 5.41 Å². The lowest BCUT2D eigenvalue weighted by Crippen LogP contribution is -3.00. The molecule has 5 heteroatoms. The van der Waals surface area contributed by atoms with Gasteiger partial charge in [0.25, 0.3) is 0 Å². The van der Waals surface area contributed by atoms with Crippen molar-refractivity contribution in [3.63, 3.8) is 0 Å². The lowest BCUT2D eigenvalue weighted by atomic mass is 10.2. The fourth-order valence-electron chi connectivity index (χ4n) is 2.81. The molecule has 0 saturated carbocycles. The Morgan fingerprint density at radius 2 is 1.57 bits per heavy atom. The smallest absolute Gasteiger partial charge is 0.203 e. The molecule has 23 heavy (non-hydrogen) atoms. The van der Waals surface area contributed by atoms with E-state index in [9.17, 15) is 0 Å². The summed E-state index contributed by atoms with van der Waals surface area (Å²) in [6, 6.07) is 16.2. The molecule has 0 bridgehead atoms. The van der Waals surface area contributed by atoms with E-state index in [1.54, 1.807) is 0 Å². The Hall–Kier alpha value is -2.01. The number of ether oxygens (including phenoxy) is 1. The first-order valence-electron chi connectivity index (χ1n) is 7.63. The number of halogens is 1. The Balaban J connectivity index is 0.00000192. The molecule has 0 unspecified atom stereocenters. The van der Waals surface area contributed by atoms with Crippen LogP contribution >= 0.6 is 0 Å². The van der Waals surface area contributed by atoms with E-state index < -0.39 is 0 Å². The van der Waals surface area contributed by atoms with Crippen LogP contribution in [0.15, 0.2) is 48.5 Å². The Bertz CT molecular complexity index is 851. The number of nitrogens with zero attached hydrogens (tertiary/aromatic N) is 2. The van der Waals surface area contributed by atoms with Gasteiger partial charge in [0.15, 0.2) is 0 Å². The normalized spacial score (nSPS) is 10.5. The average molecular weight is 375 g/mol. The highest BCUT2D eigenvalue weighted by Gasteiger charge is 2.09. The quantitative estimate of drug-likeness (QED) is 0.687.